The molecule has 2 heterocycles. The third kappa shape index (κ3) is 3.05. The molecule has 2 aromatic carbocycles. The van der Waals surface area contributed by atoms with Crippen LogP contribution in [0.25, 0.3) is 22.0 Å². The van der Waals surface area contributed by atoms with Gasteiger partial charge in [0, 0.05) is 17.1 Å². The summed E-state index contributed by atoms with van der Waals surface area (Å²) in [6, 6.07) is 21.5. The van der Waals surface area contributed by atoms with Crippen LogP contribution in [-0.4, -0.2) is 15.9 Å². The number of nitrogens with one attached hydrogen (secondary N) is 1. The molecule has 0 bridgehead atoms. The Bertz CT molecular complexity index is 1090. The summed E-state index contributed by atoms with van der Waals surface area (Å²) < 4.78 is 0. The van der Waals surface area contributed by atoms with E-state index in [1.54, 1.807) is 30.6 Å². The highest BCUT2D eigenvalue weighted by Gasteiger charge is 2.12. The number of aryl methyl sites for hydroxylation is 1. The quantitative estimate of drug-likeness (QED) is 0.580. The lowest BCUT2D eigenvalue weighted by molar-refractivity contribution is 0.102. The van der Waals surface area contributed by atoms with Crippen molar-refractivity contribution in [1.82, 2.24) is 9.97 Å². The van der Waals surface area contributed by atoms with E-state index in [-0.39, 0.29) is 5.91 Å². The Labute approximate surface area is 151 Å². The number of anilines is 1. The molecule has 4 rings (SSSR count). The van der Waals surface area contributed by atoms with E-state index in [0.29, 0.717) is 11.4 Å². The van der Waals surface area contributed by atoms with Crippen molar-refractivity contribution in [2.45, 2.75) is 6.92 Å². The Kier molecular flexibility index (Phi) is 4.15. The summed E-state index contributed by atoms with van der Waals surface area (Å²) in [5.41, 5.74) is 5.16. The molecule has 0 fully saturated rings. The first-order valence-corrected chi connectivity index (χ1v) is 8.39. The van der Waals surface area contributed by atoms with E-state index < -0.39 is 0 Å². The van der Waals surface area contributed by atoms with Gasteiger partial charge in [0.2, 0.25) is 0 Å². The number of carbonyl (C=O) groups is 1. The second-order valence-electron chi connectivity index (χ2n) is 6.08. The Balaban J connectivity index is 1.78. The monoisotopic (exact) mass is 339 g/mol. The normalized spacial score (nSPS) is 10.7. The number of hydrogen-bond acceptors (Lipinski definition) is 3. The molecule has 1 amide bonds. The fourth-order valence-corrected chi connectivity index (χ4v) is 3.00. The summed E-state index contributed by atoms with van der Waals surface area (Å²) in [7, 11) is 0. The number of aromatic nitrogens is 2. The zero-order chi connectivity index (χ0) is 17.9. The van der Waals surface area contributed by atoms with E-state index in [4.69, 9.17) is 0 Å². The molecule has 0 aliphatic carbocycles. The van der Waals surface area contributed by atoms with Crippen molar-refractivity contribution >= 4 is 22.5 Å². The molecule has 1 N–H and O–H groups in total. The average Bonchev–Trinajstić information content (AvgIpc) is 2.68. The third-order valence-electron chi connectivity index (χ3n) is 4.31. The van der Waals surface area contributed by atoms with Gasteiger partial charge in [0.05, 0.1) is 17.4 Å². The molecule has 0 saturated heterocycles. The van der Waals surface area contributed by atoms with E-state index in [9.17, 15) is 4.79 Å². The van der Waals surface area contributed by atoms with Gasteiger partial charge in [-0.1, -0.05) is 48.5 Å². The SMILES string of the molecule is Cc1ccccc1-c1cccc2ccc(C(=O)Nc3cccnc3)nc12. The summed E-state index contributed by atoms with van der Waals surface area (Å²) in [6.45, 7) is 2.08. The highest BCUT2D eigenvalue weighted by atomic mass is 16.1. The number of nitrogens with zero attached hydrogens (tertiary/aromatic N) is 2. The predicted octanol–water partition coefficient (Wildman–Crippen LogP) is 4.86. The smallest absolute Gasteiger partial charge is 0.274 e. The van der Waals surface area contributed by atoms with Gasteiger partial charge in [0.1, 0.15) is 5.69 Å². The zero-order valence-corrected chi connectivity index (χ0v) is 14.3. The summed E-state index contributed by atoms with van der Waals surface area (Å²) >= 11 is 0. The average molecular weight is 339 g/mol. The molecule has 0 unspecified atom stereocenters. The standard InChI is InChI=1S/C22H17N3O/c1-15-6-2-3-9-18(15)19-10-4-7-16-11-12-20(25-21(16)19)22(26)24-17-8-5-13-23-14-17/h2-14H,1H3,(H,24,26). The lowest BCUT2D eigenvalue weighted by Crippen LogP contribution is -2.13. The first-order chi connectivity index (χ1) is 12.7. The van der Waals surface area contributed by atoms with Crippen LogP contribution in [0, 0.1) is 6.92 Å². The van der Waals surface area contributed by atoms with E-state index in [2.05, 4.69) is 34.3 Å². The number of fused-ring (bicyclic) bond motifs is 1. The van der Waals surface area contributed by atoms with Gasteiger partial charge in [0.25, 0.3) is 5.91 Å². The fourth-order valence-electron chi connectivity index (χ4n) is 3.00. The first-order valence-electron chi connectivity index (χ1n) is 8.39. The maximum absolute atomic E-state index is 12.6. The van der Waals surface area contributed by atoms with Gasteiger partial charge in [-0.15, -0.1) is 0 Å². The van der Waals surface area contributed by atoms with E-state index in [0.717, 1.165) is 22.0 Å². The number of amides is 1. The minimum Gasteiger partial charge on any atom is -0.319 e. The van der Waals surface area contributed by atoms with Crippen LogP contribution in [-0.2, 0) is 0 Å². The molecule has 4 aromatic rings. The van der Waals surface area contributed by atoms with Crippen LogP contribution in [0.2, 0.25) is 0 Å². The first kappa shape index (κ1) is 16.0. The number of para-hydroxylation sites is 1. The van der Waals surface area contributed by atoms with Crippen molar-refractivity contribution in [2.75, 3.05) is 5.32 Å². The fraction of sp³-hybridized carbons (Fsp3) is 0.0455. The second kappa shape index (κ2) is 6.76. The van der Waals surface area contributed by atoms with E-state index in [1.165, 1.54) is 5.56 Å². The van der Waals surface area contributed by atoms with Gasteiger partial charge < -0.3 is 5.32 Å². The molecule has 2 aromatic heterocycles. The van der Waals surface area contributed by atoms with Gasteiger partial charge in [0.15, 0.2) is 0 Å². The Morgan fingerprint density at radius 3 is 2.54 bits per heavy atom. The van der Waals surface area contributed by atoms with Crippen LogP contribution in [0.15, 0.2) is 79.1 Å². The lowest BCUT2D eigenvalue weighted by Gasteiger charge is -2.10. The molecule has 4 nitrogen and oxygen atoms in total. The van der Waals surface area contributed by atoms with Crippen molar-refractivity contribution in [1.29, 1.82) is 0 Å². The summed E-state index contributed by atoms with van der Waals surface area (Å²) in [4.78, 5) is 21.2. The summed E-state index contributed by atoms with van der Waals surface area (Å²) in [6.07, 6.45) is 3.27. The maximum atomic E-state index is 12.6. The third-order valence-corrected chi connectivity index (χ3v) is 4.31. The van der Waals surface area contributed by atoms with Crippen molar-refractivity contribution in [3.05, 3.63) is 90.4 Å². The molecule has 0 saturated carbocycles. The number of carbonyl (C=O) groups excluding carboxylic acids is 1. The van der Waals surface area contributed by atoms with Crippen molar-refractivity contribution in [3.63, 3.8) is 0 Å². The lowest BCUT2D eigenvalue weighted by atomic mass is 9.98. The van der Waals surface area contributed by atoms with E-state index in [1.807, 2.05) is 36.4 Å². The molecule has 0 radical (unpaired) electrons. The molecule has 0 aliphatic heterocycles. The maximum Gasteiger partial charge on any atom is 0.274 e. The summed E-state index contributed by atoms with van der Waals surface area (Å²) in [5, 5.41) is 3.83. The van der Waals surface area contributed by atoms with Crippen molar-refractivity contribution < 1.29 is 4.79 Å². The molecular weight excluding hydrogens is 322 g/mol. The van der Waals surface area contributed by atoms with Gasteiger partial charge >= 0.3 is 0 Å². The summed E-state index contributed by atoms with van der Waals surface area (Å²) in [5.74, 6) is -0.250. The Hall–Kier alpha value is -3.53. The number of benzene rings is 2. The molecule has 0 atom stereocenters. The highest BCUT2D eigenvalue weighted by molar-refractivity contribution is 6.05. The molecular formula is C22H17N3O. The highest BCUT2D eigenvalue weighted by Crippen LogP contribution is 2.29. The van der Waals surface area contributed by atoms with Gasteiger partial charge in [-0.25, -0.2) is 4.98 Å². The van der Waals surface area contributed by atoms with Crippen LogP contribution in [0.3, 0.4) is 0 Å². The van der Waals surface area contributed by atoms with Crippen LogP contribution < -0.4 is 5.32 Å². The number of hydrogen-bond donors (Lipinski definition) is 1. The molecule has 0 aliphatic rings. The zero-order valence-electron chi connectivity index (χ0n) is 14.3. The van der Waals surface area contributed by atoms with Gasteiger partial charge in [-0.05, 0) is 36.2 Å². The van der Waals surface area contributed by atoms with Gasteiger partial charge in [-0.2, -0.15) is 0 Å². The molecule has 126 valence electrons. The van der Waals surface area contributed by atoms with Crippen LogP contribution in [0.1, 0.15) is 16.1 Å². The van der Waals surface area contributed by atoms with Crippen LogP contribution >= 0.6 is 0 Å². The second-order valence-corrected chi connectivity index (χ2v) is 6.08. The van der Waals surface area contributed by atoms with Crippen LogP contribution in [0.5, 0.6) is 0 Å². The van der Waals surface area contributed by atoms with Crippen molar-refractivity contribution in [3.8, 4) is 11.1 Å². The Morgan fingerprint density at radius 1 is 0.885 bits per heavy atom. The Morgan fingerprint density at radius 2 is 1.73 bits per heavy atom. The van der Waals surface area contributed by atoms with E-state index >= 15 is 0 Å². The predicted molar refractivity (Wildman–Crippen MR) is 104 cm³/mol. The van der Waals surface area contributed by atoms with Crippen LogP contribution in [0.4, 0.5) is 5.69 Å². The largest absolute Gasteiger partial charge is 0.319 e. The minimum absolute atomic E-state index is 0.250. The van der Waals surface area contributed by atoms with Gasteiger partial charge in [-0.3, -0.25) is 9.78 Å². The molecule has 0 spiro atoms. The number of rotatable bonds is 3. The molecule has 26 heavy (non-hydrogen) atoms. The topological polar surface area (TPSA) is 54.9 Å². The molecule has 4 heteroatoms. The number of pyridine rings is 2. The van der Waals surface area contributed by atoms with Crippen molar-refractivity contribution in [2.24, 2.45) is 0 Å². The minimum atomic E-state index is -0.250.